The first-order valence-corrected chi connectivity index (χ1v) is 8.86. The molecule has 26 heavy (non-hydrogen) atoms. The fourth-order valence-corrected chi connectivity index (χ4v) is 2.88. The first-order valence-electron chi connectivity index (χ1n) is 8.86. The molecule has 0 unspecified atom stereocenters. The Bertz CT molecular complexity index is 790. The number of carbonyl (C=O) groups excluding carboxylic acids is 1. The molecule has 0 N–H and O–H groups in total. The van der Waals surface area contributed by atoms with E-state index in [2.05, 4.69) is 0 Å². The van der Waals surface area contributed by atoms with Crippen molar-refractivity contribution in [2.75, 3.05) is 6.61 Å². The van der Waals surface area contributed by atoms with E-state index < -0.39 is 0 Å². The number of hydrogen-bond donors (Lipinski definition) is 0. The lowest BCUT2D eigenvalue weighted by Gasteiger charge is -2.23. The second kappa shape index (κ2) is 8.86. The van der Waals surface area contributed by atoms with E-state index in [1.807, 2.05) is 96.8 Å². The molecule has 3 aromatic rings. The predicted molar refractivity (Wildman–Crippen MR) is 104 cm³/mol. The Labute approximate surface area is 154 Å². The van der Waals surface area contributed by atoms with Crippen LogP contribution in [0.5, 0.6) is 5.75 Å². The highest BCUT2D eigenvalue weighted by atomic mass is 16.5. The molecule has 3 aromatic carbocycles. The van der Waals surface area contributed by atoms with E-state index >= 15 is 0 Å². The van der Waals surface area contributed by atoms with Gasteiger partial charge in [0.15, 0.2) is 0 Å². The van der Waals surface area contributed by atoms with Crippen LogP contribution in [-0.4, -0.2) is 17.4 Å². The van der Waals surface area contributed by atoms with E-state index in [-0.39, 0.29) is 5.91 Å². The lowest BCUT2D eigenvalue weighted by Crippen LogP contribution is -2.30. The van der Waals surface area contributed by atoms with Crippen LogP contribution in [0.15, 0.2) is 84.9 Å². The molecule has 0 saturated heterocycles. The van der Waals surface area contributed by atoms with Gasteiger partial charge in [0, 0.05) is 18.7 Å². The summed E-state index contributed by atoms with van der Waals surface area (Å²) >= 11 is 0. The van der Waals surface area contributed by atoms with Gasteiger partial charge in [0.1, 0.15) is 5.75 Å². The van der Waals surface area contributed by atoms with E-state index in [0.29, 0.717) is 25.3 Å². The maximum atomic E-state index is 13.2. The van der Waals surface area contributed by atoms with Crippen LogP contribution in [-0.2, 0) is 13.1 Å². The molecule has 0 aliphatic carbocycles. The number of amides is 1. The average Bonchev–Trinajstić information content (AvgIpc) is 2.69. The van der Waals surface area contributed by atoms with Crippen molar-refractivity contribution >= 4 is 5.91 Å². The summed E-state index contributed by atoms with van der Waals surface area (Å²) in [6.07, 6.45) is 0. The van der Waals surface area contributed by atoms with Gasteiger partial charge < -0.3 is 9.64 Å². The summed E-state index contributed by atoms with van der Waals surface area (Å²) in [7, 11) is 0. The minimum atomic E-state index is -0.000686. The first kappa shape index (κ1) is 17.7. The number of carbonyl (C=O) groups is 1. The Morgan fingerprint density at radius 3 is 1.92 bits per heavy atom. The molecule has 132 valence electrons. The molecule has 0 fully saturated rings. The third-order valence-corrected chi connectivity index (χ3v) is 4.11. The zero-order valence-corrected chi connectivity index (χ0v) is 15.0. The van der Waals surface area contributed by atoms with Crippen LogP contribution in [0.25, 0.3) is 0 Å². The lowest BCUT2D eigenvalue weighted by atomic mass is 10.1. The standard InChI is InChI=1S/C23H23NO2/c1-2-26-22-15-9-14-21(16-22)23(25)24(17-19-10-5-3-6-11-19)18-20-12-7-4-8-13-20/h3-16H,2,17-18H2,1H3. The second-order valence-corrected chi connectivity index (χ2v) is 6.09. The van der Waals surface area contributed by atoms with Crippen LogP contribution in [0.4, 0.5) is 0 Å². The summed E-state index contributed by atoms with van der Waals surface area (Å²) < 4.78 is 5.54. The van der Waals surface area contributed by atoms with Crippen LogP contribution < -0.4 is 4.74 Å². The van der Waals surface area contributed by atoms with E-state index in [9.17, 15) is 4.79 Å². The number of benzene rings is 3. The minimum Gasteiger partial charge on any atom is -0.494 e. The zero-order valence-electron chi connectivity index (χ0n) is 15.0. The Morgan fingerprint density at radius 1 is 0.808 bits per heavy atom. The Morgan fingerprint density at radius 2 is 1.38 bits per heavy atom. The lowest BCUT2D eigenvalue weighted by molar-refractivity contribution is 0.0729. The largest absolute Gasteiger partial charge is 0.494 e. The monoisotopic (exact) mass is 345 g/mol. The molecule has 0 bridgehead atoms. The van der Waals surface area contributed by atoms with Gasteiger partial charge in [-0.15, -0.1) is 0 Å². The molecular weight excluding hydrogens is 322 g/mol. The molecule has 0 atom stereocenters. The van der Waals surface area contributed by atoms with E-state index in [1.165, 1.54) is 0 Å². The molecule has 3 rings (SSSR count). The molecule has 0 aromatic heterocycles. The summed E-state index contributed by atoms with van der Waals surface area (Å²) in [5.74, 6) is 0.719. The van der Waals surface area contributed by atoms with Crippen LogP contribution in [0.2, 0.25) is 0 Å². The first-order chi connectivity index (χ1) is 12.8. The smallest absolute Gasteiger partial charge is 0.254 e. The van der Waals surface area contributed by atoms with Gasteiger partial charge in [0.05, 0.1) is 6.61 Å². The van der Waals surface area contributed by atoms with Crippen molar-refractivity contribution in [3.63, 3.8) is 0 Å². The third-order valence-electron chi connectivity index (χ3n) is 4.11. The quantitative estimate of drug-likeness (QED) is 0.608. The normalized spacial score (nSPS) is 10.3. The Hall–Kier alpha value is -3.07. The molecule has 3 heteroatoms. The van der Waals surface area contributed by atoms with Crippen molar-refractivity contribution < 1.29 is 9.53 Å². The number of rotatable bonds is 7. The molecule has 0 radical (unpaired) electrons. The third kappa shape index (κ3) is 4.73. The zero-order chi connectivity index (χ0) is 18.2. The fourth-order valence-electron chi connectivity index (χ4n) is 2.88. The Balaban J connectivity index is 1.86. The Kier molecular flexibility index (Phi) is 6.05. The molecule has 0 spiro atoms. The van der Waals surface area contributed by atoms with Crippen molar-refractivity contribution in [2.24, 2.45) is 0 Å². The fraction of sp³-hybridized carbons (Fsp3) is 0.174. The average molecular weight is 345 g/mol. The van der Waals surface area contributed by atoms with Gasteiger partial charge in [0.2, 0.25) is 0 Å². The van der Waals surface area contributed by atoms with E-state index in [0.717, 1.165) is 16.9 Å². The molecule has 0 aliphatic rings. The number of ether oxygens (including phenoxy) is 1. The van der Waals surface area contributed by atoms with Crippen molar-refractivity contribution in [1.82, 2.24) is 4.90 Å². The van der Waals surface area contributed by atoms with Gasteiger partial charge in [-0.3, -0.25) is 4.79 Å². The maximum absolute atomic E-state index is 13.2. The van der Waals surface area contributed by atoms with Gasteiger partial charge in [-0.1, -0.05) is 66.7 Å². The highest BCUT2D eigenvalue weighted by Gasteiger charge is 2.17. The molecular formula is C23H23NO2. The predicted octanol–water partition coefficient (Wildman–Crippen LogP) is 4.93. The SMILES string of the molecule is CCOc1cccc(C(=O)N(Cc2ccccc2)Cc2ccccc2)c1. The van der Waals surface area contributed by atoms with E-state index in [1.54, 1.807) is 0 Å². The van der Waals surface area contributed by atoms with Crippen LogP contribution in [0.3, 0.4) is 0 Å². The molecule has 3 nitrogen and oxygen atoms in total. The van der Waals surface area contributed by atoms with Gasteiger partial charge in [0.25, 0.3) is 5.91 Å². The highest BCUT2D eigenvalue weighted by Crippen LogP contribution is 2.18. The summed E-state index contributed by atoms with van der Waals surface area (Å²) in [6.45, 7) is 3.64. The molecule has 0 heterocycles. The maximum Gasteiger partial charge on any atom is 0.254 e. The molecule has 0 aliphatic heterocycles. The van der Waals surface area contributed by atoms with Crippen molar-refractivity contribution in [2.45, 2.75) is 20.0 Å². The van der Waals surface area contributed by atoms with Gasteiger partial charge in [-0.25, -0.2) is 0 Å². The summed E-state index contributed by atoms with van der Waals surface area (Å²) in [6, 6.07) is 27.5. The van der Waals surface area contributed by atoms with Gasteiger partial charge in [-0.05, 0) is 36.2 Å². The molecule has 0 saturated carbocycles. The van der Waals surface area contributed by atoms with Gasteiger partial charge in [-0.2, -0.15) is 0 Å². The summed E-state index contributed by atoms with van der Waals surface area (Å²) in [4.78, 5) is 15.1. The van der Waals surface area contributed by atoms with Crippen molar-refractivity contribution in [3.8, 4) is 5.75 Å². The number of hydrogen-bond acceptors (Lipinski definition) is 2. The van der Waals surface area contributed by atoms with Gasteiger partial charge >= 0.3 is 0 Å². The van der Waals surface area contributed by atoms with Crippen LogP contribution in [0, 0.1) is 0 Å². The van der Waals surface area contributed by atoms with Crippen molar-refractivity contribution in [1.29, 1.82) is 0 Å². The minimum absolute atomic E-state index is 0.000686. The van der Waals surface area contributed by atoms with Crippen molar-refractivity contribution in [3.05, 3.63) is 102 Å². The van der Waals surface area contributed by atoms with Crippen LogP contribution >= 0.6 is 0 Å². The van der Waals surface area contributed by atoms with Crippen LogP contribution in [0.1, 0.15) is 28.4 Å². The summed E-state index contributed by atoms with van der Waals surface area (Å²) in [5, 5.41) is 0. The second-order valence-electron chi connectivity index (χ2n) is 6.09. The summed E-state index contributed by atoms with van der Waals surface area (Å²) in [5.41, 5.74) is 2.86. The molecule has 1 amide bonds. The topological polar surface area (TPSA) is 29.5 Å². The van der Waals surface area contributed by atoms with E-state index in [4.69, 9.17) is 4.74 Å². The number of nitrogens with zero attached hydrogens (tertiary/aromatic N) is 1. The highest BCUT2D eigenvalue weighted by molar-refractivity contribution is 5.94.